The number of aryl methyl sites for hydroxylation is 1. The Balaban J connectivity index is 2.06. The Morgan fingerprint density at radius 3 is 2.53 bits per heavy atom. The monoisotopic (exact) mass is 202 g/mol. The fourth-order valence-corrected chi connectivity index (χ4v) is 2.34. The summed E-state index contributed by atoms with van der Waals surface area (Å²) in [5.74, 6) is 0.922. The minimum atomic E-state index is 0.428. The summed E-state index contributed by atoms with van der Waals surface area (Å²) >= 11 is 0. The van der Waals surface area contributed by atoms with Crippen LogP contribution in [0.3, 0.4) is 0 Å². The van der Waals surface area contributed by atoms with Crippen molar-refractivity contribution < 1.29 is 4.79 Å². The molecule has 1 nitrogen and oxygen atoms in total. The summed E-state index contributed by atoms with van der Waals surface area (Å²) in [5, 5.41) is 0. The third-order valence-corrected chi connectivity index (χ3v) is 3.24. The van der Waals surface area contributed by atoms with E-state index in [0.717, 1.165) is 25.7 Å². The van der Waals surface area contributed by atoms with E-state index in [0.29, 0.717) is 11.7 Å². The second-order valence-corrected chi connectivity index (χ2v) is 4.47. The number of hydrogen-bond donors (Lipinski definition) is 0. The minimum absolute atomic E-state index is 0.428. The zero-order valence-corrected chi connectivity index (χ0v) is 9.33. The van der Waals surface area contributed by atoms with Gasteiger partial charge in [-0.25, -0.2) is 0 Å². The molecule has 1 aromatic rings. The molecule has 1 heteroatoms. The van der Waals surface area contributed by atoms with E-state index in [9.17, 15) is 4.79 Å². The first-order valence-electron chi connectivity index (χ1n) is 5.90. The molecule has 2 rings (SSSR count). The molecule has 1 atom stereocenters. The van der Waals surface area contributed by atoms with Crippen LogP contribution >= 0.6 is 0 Å². The zero-order valence-electron chi connectivity index (χ0n) is 9.33. The van der Waals surface area contributed by atoms with E-state index in [1.807, 2.05) is 0 Å². The second-order valence-electron chi connectivity index (χ2n) is 4.47. The van der Waals surface area contributed by atoms with Crippen molar-refractivity contribution in [2.75, 3.05) is 0 Å². The molecule has 1 aliphatic rings. The van der Waals surface area contributed by atoms with Gasteiger partial charge in [-0.05, 0) is 29.9 Å². The highest BCUT2D eigenvalue weighted by atomic mass is 16.1. The molecule has 1 saturated carbocycles. The average molecular weight is 202 g/mol. The SMILES string of the molecule is CCCc1ccc(C2CCC(=O)C2)cc1. The van der Waals surface area contributed by atoms with Crippen LogP contribution in [-0.4, -0.2) is 5.78 Å². The molecule has 1 unspecified atom stereocenters. The number of rotatable bonds is 3. The molecule has 0 bridgehead atoms. The standard InChI is InChI=1S/C14H18O/c1-2-3-11-4-6-12(7-5-11)13-8-9-14(15)10-13/h4-7,13H,2-3,8-10H2,1H3. The van der Waals surface area contributed by atoms with Crippen LogP contribution in [0.4, 0.5) is 0 Å². The predicted octanol–water partition coefficient (Wildman–Crippen LogP) is 3.48. The Hall–Kier alpha value is -1.11. The lowest BCUT2D eigenvalue weighted by molar-refractivity contribution is -0.117. The molecule has 80 valence electrons. The molecule has 0 N–H and O–H groups in total. The van der Waals surface area contributed by atoms with Gasteiger partial charge in [0, 0.05) is 12.8 Å². The summed E-state index contributed by atoms with van der Waals surface area (Å²) in [5.41, 5.74) is 2.76. The van der Waals surface area contributed by atoms with Crippen LogP contribution in [0.2, 0.25) is 0 Å². The van der Waals surface area contributed by atoms with Gasteiger partial charge in [-0.15, -0.1) is 0 Å². The minimum Gasteiger partial charge on any atom is -0.300 e. The summed E-state index contributed by atoms with van der Waals surface area (Å²) in [6.07, 6.45) is 4.94. The van der Waals surface area contributed by atoms with Crippen molar-refractivity contribution >= 4 is 5.78 Å². The number of benzene rings is 1. The Morgan fingerprint density at radius 1 is 1.27 bits per heavy atom. The lowest BCUT2D eigenvalue weighted by Gasteiger charge is -2.09. The molecular weight excluding hydrogens is 184 g/mol. The normalized spacial score (nSPS) is 20.9. The molecule has 0 aliphatic heterocycles. The average Bonchev–Trinajstić information content (AvgIpc) is 2.67. The Labute approximate surface area is 91.5 Å². The highest BCUT2D eigenvalue weighted by Gasteiger charge is 2.23. The van der Waals surface area contributed by atoms with E-state index in [-0.39, 0.29) is 0 Å². The summed E-state index contributed by atoms with van der Waals surface area (Å²) in [4.78, 5) is 11.2. The van der Waals surface area contributed by atoms with Gasteiger partial charge in [0.1, 0.15) is 5.78 Å². The molecule has 0 heterocycles. The molecular formula is C14H18O. The van der Waals surface area contributed by atoms with Gasteiger partial charge in [0.2, 0.25) is 0 Å². The third kappa shape index (κ3) is 2.47. The molecule has 15 heavy (non-hydrogen) atoms. The maximum atomic E-state index is 11.2. The van der Waals surface area contributed by atoms with Gasteiger partial charge in [-0.1, -0.05) is 37.6 Å². The van der Waals surface area contributed by atoms with Crippen molar-refractivity contribution in [1.82, 2.24) is 0 Å². The fourth-order valence-electron chi connectivity index (χ4n) is 2.34. The van der Waals surface area contributed by atoms with Gasteiger partial charge in [-0.3, -0.25) is 4.79 Å². The van der Waals surface area contributed by atoms with Crippen LogP contribution < -0.4 is 0 Å². The van der Waals surface area contributed by atoms with Crippen molar-refractivity contribution in [3.8, 4) is 0 Å². The van der Waals surface area contributed by atoms with Crippen LogP contribution in [0, 0.1) is 0 Å². The smallest absolute Gasteiger partial charge is 0.133 e. The van der Waals surface area contributed by atoms with Crippen molar-refractivity contribution in [3.63, 3.8) is 0 Å². The number of hydrogen-bond acceptors (Lipinski definition) is 1. The van der Waals surface area contributed by atoms with Crippen molar-refractivity contribution in [2.45, 2.75) is 44.9 Å². The van der Waals surface area contributed by atoms with E-state index in [1.165, 1.54) is 17.5 Å². The Bertz CT molecular complexity index is 337. The quantitative estimate of drug-likeness (QED) is 0.733. The summed E-state index contributed by atoms with van der Waals surface area (Å²) in [6, 6.07) is 8.83. The predicted molar refractivity (Wildman–Crippen MR) is 62.0 cm³/mol. The maximum Gasteiger partial charge on any atom is 0.133 e. The molecule has 1 aromatic carbocycles. The highest BCUT2D eigenvalue weighted by molar-refractivity contribution is 5.81. The first kappa shape index (κ1) is 10.4. The number of carbonyl (C=O) groups is 1. The van der Waals surface area contributed by atoms with E-state index in [1.54, 1.807) is 0 Å². The number of Topliss-reactive ketones (excluding diaryl/α,β-unsaturated/α-hetero) is 1. The van der Waals surface area contributed by atoms with Crippen LogP contribution in [0.25, 0.3) is 0 Å². The van der Waals surface area contributed by atoms with Crippen LogP contribution in [0.15, 0.2) is 24.3 Å². The van der Waals surface area contributed by atoms with Gasteiger partial charge in [0.25, 0.3) is 0 Å². The van der Waals surface area contributed by atoms with E-state index < -0.39 is 0 Å². The summed E-state index contributed by atoms with van der Waals surface area (Å²) in [6.45, 7) is 2.20. The first-order chi connectivity index (χ1) is 7.29. The third-order valence-electron chi connectivity index (χ3n) is 3.24. The fraction of sp³-hybridized carbons (Fsp3) is 0.500. The van der Waals surface area contributed by atoms with Crippen molar-refractivity contribution in [3.05, 3.63) is 35.4 Å². The zero-order chi connectivity index (χ0) is 10.7. The molecule has 0 spiro atoms. The van der Waals surface area contributed by atoms with Crippen molar-refractivity contribution in [1.29, 1.82) is 0 Å². The number of ketones is 1. The van der Waals surface area contributed by atoms with Gasteiger partial charge in [0.15, 0.2) is 0 Å². The largest absolute Gasteiger partial charge is 0.300 e. The van der Waals surface area contributed by atoms with E-state index >= 15 is 0 Å². The highest BCUT2D eigenvalue weighted by Crippen LogP contribution is 2.31. The van der Waals surface area contributed by atoms with Gasteiger partial charge in [0.05, 0.1) is 0 Å². The van der Waals surface area contributed by atoms with E-state index in [4.69, 9.17) is 0 Å². The number of carbonyl (C=O) groups excluding carboxylic acids is 1. The lowest BCUT2D eigenvalue weighted by Crippen LogP contribution is -1.94. The molecule has 0 radical (unpaired) electrons. The molecule has 1 aliphatic carbocycles. The Kier molecular flexibility index (Phi) is 3.20. The van der Waals surface area contributed by atoms with Crippen LogP contribution in [0.1, 0.15) is 49.7 Å². The van der Waals surface area contributed by atoms with E-state index in [2.05, 4.69) is 31.2 Å². The molecule has 0 amide bonds. The molecule has 1 fully saturated rings. The second kappa shape index (κ2) is 4.61. The van der Waals surface area contributed by atoms with Gasteiger partial charge in [-0.2, -0.15) is 0 Å². The summed E-state index contributed by atoms with van der Waals surface area (Å²) in [7, 11) is 0. The van der Waals surface area contributed by atoms with Crippen molar-refractivity contribution in [2.24, 2.45) is 0 Å². The first-order valence-corrected chi connectivity index (χ1v) is 5.90. The molecule has 0 aromatic heterocycles. The Morgan fingerprint density at radius 2 is 2.00 bits per heavy atom. The summed E-state index contributed by atoms with van der Waals surface area (Å²) < 4.78 is 0. The van der Waals surface area contributed by atoms with Crippen LogP contribution in [0.5, 0.6) is 0 Å². The topological polar surface area (TPSA) is 17.1 Å². The van der Waals surface area contributed by atoms with Crippen LogP contribution in [-0.2, 0) is 11.2 Å². The van der Waals surface area contributed by atoms with Gasteiger partial charge >= 0.3 is 0 Å². The maximum absolute atomic E-state index is 11.2. The lowest BCUT2D eigenvalue weighted by atomic mass is 9.96. The molecule has 0 saturated heterocycles. The van der Waals surface area contributed by atoms with Gasteiger partial charge < -0.3 is 0 Å².